The molecule has 0 aliphatic heterocycles. The Labute approximate surface area is 75.1 Å². The zero-order valence-electron chi connectivity index (χ0n) is 6.96. The van der Waals surface area contributed by atoms with Crippen LogP contribution >= 0.6 is 12.4 Å². The Kier molecular flexibility index (Phi) is 3.20. The number of hydrogen-bond donors (Lipinski definition) is 1. The lowest BCUT2D eigenvalue weighted by Crippen LogP contribution is -2.29. The lowest BCUT2D eigenvalue weighted by Gasteiger charge is -2.27. The highest BCUT2D eigenvalue weighted by atomic mass is 35.5. The minimum Gasteiger partial charge on any atom is -0.327 e. The van der Waals surface area contributed by atoms with Crippen LogP contribution in [0.1, 0.15) is 38.5 Å². The fraction of sp³-hybridized carbons (Fsp3) is 1.00. The van der Waals surface area contributed by atoms with Crippen LogP contribution in [0.3, 0.4) is 0 Å². The van der Waals surface area contributed by atoms with Crippen molar-refractivity contribution < 1.29 is 0 Å². The van der Waals surface area contributed by atoms with Crippen molar-refractivity contribution in [2.75, 3.05) is 0 Å². The summed E-state index contributed by atoms with van der Waals surface area (Å²) < 4.78 is 0. The normalized spacial score (nSPS) is 42.8. The highest BCUT2D eigenvalue weighted by Crippen LogP contribution is 2.41. The molecule has 0 aromatic heterocycles. The Hall–Kier alpha value is 0.250. The van der Waals surface area contributed by atoms with E-state index in [9.17, 15) is 0 Å². The second-order valence-electron chi connectivity index (χ2n) is 3.95. The molecule has 2 rings (SSSR count). The van der Waals surface area contributed by atoms with Crippen molar-refractivity contribution in [3.05, 3.63) is 0 Å². The fourth-order valence-electron chi connectivity index (χ4n) is 2.78. The summed E-state index contributed by atoms with van der Waals surface area (Å²) in [7, 11) is 0. The van der Waals surface area contributed by atoms with Gasteiger partial charge in [0.1, 0.15) is 0 Å². The highest BCUT2D eigenvalue weighted by Gasteiger charge is 2.34. The molecule has 0 spiro atoms. The molecule has 0 aromatic carbocycles. The molecule has 0 heterocycles. The quantitative estimate of drug-likeness (QED) is 0.601. The zero-order chi connectivity index (χ0) is 6.97. The van der Waals surface area contributed by atoms with E-state index in [1.165, 1.54) is 38.5 Å². The summed E-state index contributed by atoms with van der Waals surface area (Å²) in [5.74, 6) is 1.93. The summed E-state index contributed by atoms with van der Waals surface area (Å²) in [5, 5.41) is 0. The van der Waals surface area contributed by atoms with Gasteiger partial charge in [-0.05, 0) is 31.1 Å². The van der Waals surface area contributed by atoms with Gasteiger partial charge in [-0.15, -0.1) is 12.4 Å². The maximum atomic E-state index is 5.99. The van der Waals surface area contributed by atoms with Gasteiger partial charge in [-0.2, -0.15) is 0 Å². The molecule has 2 heteroatoms. The van der Waals surface area contributed by atoms with E-state index in [0.29, 0.717) is 6.04 Å². The number of halogens is 1. The van der Waals surface area contributed by atoms with Gasteiger partial charge in [-0.1, -0.05) is 19.3 Å². The van der Waals surface area contributed by atoms with Crippen LogP contribution in [-0.2, 0) is 0 Å². The van der Waals surface area contributed by atoms with Crippen LogP contribution in [0.15, 0.2) is 0 Å². The second kappa shape index (κ2) is 3.77. The molecule has 0 radical (unpaired) electrons. The van der Waals surface area contributed by atoms with Crippen LogP contribution in [0.2, 0.25) is 0 Å². The van der Waals surface area contributed by atoms with Crippen molar-refractivity contribution in [2.24, 2.45) is 17.6 Å². The molecule has 3 unspecified atom stereocenters. The average Bonchev–Trinajstić information content (AvgIpc) is 2.34. The second-order valence-corrected chi connectivity index (χ2v) is 3.95. The Morgan fingerprint density at radius 3 is 2.36 bits per heavy atom. The van der Waals surface area contributed by atoms with Crippen molar-refractivity contribution in [1.29, 1.82) is 0 Å². The lowest BCUT2D eigenvalue weighted by molar-refractivity contribution is 0.260. The third-order valence-electron chi connectivity index (χ3n) is 3.39. The lowest BCUT2D eigenvalue weighted by atomic mass is 9.80. The minimum atomic E-state index is 0. The van der Waals surface area contributed by atoms with Crippen LogP contribution in [0, 0.1) is 11.8 Å². The Morgan fingerprint density at radius 2 is 1.64 bits per heavy atom. The van der Waals surface area contributed by atoms with Crippen molar-refractivity contribution in [2.45, 2.75) is 44.6 Å². The fourth-order valence-corrected chi connectivity index (χ4v) is 2.78. The molecule has 0 aromatic rings. The maximum Gasteiger partial charge on any atom is 0.00699 e. The van der Waals surface area contributed by atoms with Gasteiger partial charge in [0.25, 0.3) is 0 Å². The predicted molar refractivity (Wildman–Crippen MR) is 49.9 cm³/mol. The number of hydrogen-bond acceptors (Lipinski definition) is 1. The molecule has 0 saturated heterocycles. The molecule has 11 heavy (non-hydrogen) atoms. The van der Waals surface area contributed by atoms with Crippen molar-refractivity contribution in [3.63, 3.8) is 0 Å². The SMILES string of the molecule is Cl.NC1CCC2CCCCC12. The Morgan fingerprint density at radius 1 is 0.909 bits per heavy atom. The number of nitrogens with two attached hydrogens (primary N) is 1. The van der Waals surface area contributed by atoms with E-state index in [4.69, 9.17) is 5.73 Å². The van der Waals surface area contributed by atoms with E-state index in [2.05, 4.69) is 0 Å². The van der Waals surface area contributed by atoms with Crippen molar-refractivity contribution in [3.8, 4) is 0 Å². The summed E-state index contributed by atoms with van der Waals surface area (Å²) in [6.45, 7) is 0. The predicted octanol–water partition coefficient (Wildman–Crippen LogP) is 2.34. The van der Waals surface area contributed by atoms with Gasteiger partial charge in [0.05, 0.1) is 0 Å². The molecule has 2 fully saturated rings. The van der Waals surface area contributed by atoms with Gasteiger partial charge in [0.2, 0.25) is 0 Å². The van der Waals surface area contributed by atoms with Gasteiger partial charge in [-0.25, -0.2) is 0 Å². The Bertz CT molecular complexity index is 125. The molecule has 1 nitrogen and oxygen atoms in total. The minimum absolute atomic E-state index is 0. The van der Waals surface area contributed by atoms with Crippen molar-refractivity contribution >= 4 is 12.4 Å². The smallest absolute Gasteiger partial charge is 0.00699 e. The molecule has 0 amide bonds. The monoisotopic (exact) mass is 175 g/mol. The van der Waals surface area contributed by atoms with Crippen LogP contribution < -0.4 is 5.73 Å². The first-order valence-corrected chi connectivity index (χ1v) is 4.63. The molecule has 3 atom stereocenters. The van der Waals surface area contributed by atoms with E-state index in [1.807, 2.05) is 0 Å². The first-order chi connectivity index (χ1) is 4.88. The third kappa shape index (κ3) is 1.70. The summed E-state index contributed by atoms with van der Waals surface area (Å²) in [4.78, 5) is 0. The van der Waals surface area contributed by atoms with E-state index < -0.39 is 0 Å². The van der Waals surface area contributed by atoms with Gasteiger partial charge < -0.3 is 5.73 Å². The zero-order valence-corrected chi connectivity index (χ0v) is 7.78. The van der Waals surface area contributed by atoms with E-state index in [0.717, 1.165) is 11.8 Å². The molecule has 2 N–H and O–H groups in total. The van der Waals surface area contributed by atoms with E-state index in [-0.39, 0.29) is 12.4 Å². The largest absolute Gasteiger partial charge is 0.327 e. The summed E-state index contributed by atoms with van der Waals surface area (Å²) in [5.41, 5.74) is 5.99. The third-order valence-corrected chi connectivity index (χ3v) is 3.39. The molecule has 2 aliphatic rings. The van der Waals surface area contributed by atoms with Gasteiger partial charge in [-0.3, -0.25) is 0 Å². The maximum absolute atomic E-state index is 5.99. The highest BCUT2D eigenvalue weighted by molar-refractivity contribution is 5.85. The Balaban J connectivity index is 0.000000605. The van der Waals surface area contributed by atoms with Crippen LogP contribution in [-0.4, -0.2) is 6.04 Å². The van der Waals surface area contributed by atoms with Gasteiger partial charge >= 0.3 is 0 Å². The summed E-state index contributed by atoms with van der Waals surface area (Å²) >= 11 is 0. The van der Waals surface area contributed by atoms with E-state index in [1.54, 1.807) is 0 Å². The molecule has 2 aliphatic carbocycles. The summed E-state index contributed by atoms with van der Waals surface area (Å²) in [6.07, 6.45) is 8.52. The molecular weight excluding hydrogens is 158 g/mol. The standard InChI is InChI=1S/C9H17N.ClH/c10-9-6-5-7-3-1-2-4-8(7)9;/h7-9H,1-6,10H2;1H. The number of rotatable bonds is 0. The van der Waals surface area contributed by atoms with E-state index >= 15 is 0 Å². The first kappa shape index (κ1) is 9.34. The molecule has 66 valence electrons. The van der Waals surface area contributed by atoms with Crippen LogP contribution in [0.5, 0.6) is 0 Å². The van der Waals surface area contributed by atoms with Crippen LogP contribution in [0.25, 0.3) is 0 Å². The number of fused-ring (bicyclic) bond motifs is 1. The topological polar surface area (TPSA) is 26.0 Å². The van der Waals surface area contributed by atoms with Crippen LogP contribution in [0.4, 0.5) is 0 Å². The first-order valence-electron chi connectivity index (χ1n) is 4.63. The van der Waals surface area contributed by atoms with Crippen molar-refractivity contribution in [1.82, 2.24) is 0 Å². The molecule has 2 saturated carbocycles. The van der Waals surface area contributed by atoms with Gasteiger partial charge in [0, 0.05) is 6.04 Å². The van der Waals surface area contributed by atoms with Gasteiger partial charge in [0.15, 0.2) is 0 Å². The molecule has 0 bridgehead atoms. The molecular formula is C9H18ClN. The summed E-state index contributed by atoms with van der Waals surface area (Å²) in [6, 6.07) is 0.560. The average molecular weight is 176 g/mol.